The molecule has 0 aromatic carbocycles. The first-order chi connectivity index (χ1) is 14.3. The number of amides is 1. The molecule has 1 aromatic heterocycles. The van der Waals surface area contributed by atoms with Gasteiger partial charge in [0.05, 0.1) is 4.34 Å². The molecule has 3 rings (SSSR count). The lowest BCUT2D eigenvalue weighted by atomic mass is 9.92. The summed E-state index contributed by atoms with van der Waals surface area (Å²) in [5.74, 6) is 1.24. The first-order valence-corrected chi connectivity index (χ1v) is 13.4. The van der Waals surface area contributed by atoms with E-state index in [-0.39, 0.29) is 23.1 Å². The van der Waals surface area contributed by atoms with Gasteiger partial charge in [0.1, 0.15) is 4.21 Å². The van der Waals surface area contributed by atoms with Gasteiger partial charge in [-0.3, -0.25) is 4.79 Å². The normalized spacial score (nSPS) is 23.8. The third kappa shape index (κ3) is 6.40. The molecule has 0 spiro atoms. The molecule has 2 atom stereocenters. The van der Waals surface area contributed by atoms with Crippen molar-refractivity contribution < 1.29 is 13.2 Å². The maximum atomic E-state index is 13.3. The van der Waals surface area contributed by atoms with Crippen LogP contribution in [0.25, 0.3) is 0 Å². The number of sulfonamides is 1. The summed E-state index contributed by atoms with van der Waals surface area (Å²) in [7, 11) is -3.68. The summed E-state index contributed by atoms with van der Waals surface area (Å²) >= 11 is 7.06. The predicted octanol–water partition coefficient (Wildman–Crippen LogP) is 2.19. The smallest absolute Gasteiger partial charge is 0.252 e. The summed E-state index contributed by atoms with van der Waals surface area (Å²) in [6.45, 7) is 10.6. The van der Waals surface area contributed by atoms with E-state index in [1.807, 2.05) is 4.90 Å². The fourth-order valence-electron chi connectivity index (χ4n) is 4.44. The van der Waals surface area contributed by atoms with Gasteiger partial charge in [-0.25, -0.2) is 8.42 Å². The Hall–Kier alpha value is -0.710. The number of piperidine rings is 1. The van der Waals surface area contributed by atoms with E-state index in [2.05, 4.69) is 24.1 Å². The minimum Gasteiger partial charge on any atom is -0.340 e. The first-order valence-electron chi connectivity index (χ1n) is 10.7. The molecular weight excluding hydrogens is 444 g/mol. The van der Waals surface area contributed by atoms with Crippen LogP contribution in [0.1, 0.15) is 26.7 Å². The van der Waals surface area contributed by atoms with Gasteiger partial charge in [0.2, 0.25) is 5.91 Å². The number of rotatable bonds is 8. The molecule has 2 fully saturated rings. The van der Waals surface area contributed by atoms with Crippen LogP contribution in [-0.2, 0) is 14.8 Å². The number of halogens is 1. The molecule has 1 aromatic rings. The lowest BCUT2D eigenvalue weighted by Gasteiger charge is -2.36. The Labute approximate surface area is 189 Å². The summed E-state index contributed by atoms with van der Waals surface area (Å²) in [5.41, 5.74) is 0. The van der Waals surface area contributed by atoms with Crippen LogP contribution in [0.2, 0.25) is 4.34 Å². The van der Waals surface area contributed by atoms with Gasteiger partial charge in [0, 0.05) is 65.3 Å². The van der Waals surface area contributed by atoms with Gasteiger partial charge in [-0.2, -0.15) is 4.31 Å². The van der Waals surface area contributed by atoms with Crippen LogP contribution in [0, 0.1) is 11.8 Å². The Bertz CT molecular complexity index is 801. The Balaban J connectivity index is 1.67. The molecule has 2 aliphatic rings. The third-order valence-corrected chi connectivity index (χ3v) is 9.39. The van der Waals surface area contributed by atoms with E-state index in [1.165, 1.54) is 10.7 Å². The Kier molecular flexibility index (Phi) is 8.57. The van der Waals surface area contributed by atoms with Crippen molar-refractivity contribution in [1.82, 2.24) is 19.4 Å². The van der Waals surface area contributed by atoms with Crippen LogP contribution in [0.15, 0.2) is 16.3 Å². The SMILES string of the molecule is C[C@@H]1C[C@@H](C)CN(CCN(CCC(=O)N2CCNCC2)S(=O)(=O)c2ccc(Cl)s2)C1. The van der Waals surface area contributed by atoms with E-state index in [9.17, 15) is 13.2 Å². The highest BCUT2D eigenvalue weighted by molar-refractivity contribution is 7.91. The number of nitrogens with one attached hydrogen (secondary N) is 1. The maximum Gasteiger partial charge on any atom is 0.252 e. The number of likely N-dealkylation sites (tertiary alicyclic amines) is 1. The summed E-state index contributed by atoms with van der Waals surface area (Å²) in [6.07, 6.45) is 1.41. The zero-order valence-corrected chi connectivity index (χ0v) is 20.2. The highest BCUT2D eigenvalue weighted by Crippen LogP contribution is 2.28. The number of hydrogen-bond donors (Lipinski definition) is 1. The Morgan fingerprint density at radius 1 is 1.20 bits per heavy atom. The Morgan fingerprint density at radius 2 is 1.87 bits per heavy atom. The fraction of sp³-hybridized carbons (Fsp3) is 0.750. The number of nitrogens with zero attached hydrogens (tertiary/aromatic N) is 3. The number of thiophene rings is 1. The number of carbonyl (C=O) groups is 1. The lowest BCUT2D eigenvalue weighted by molar-refractivity contribution is -0.131. The number of hydrogen-bond acceptors (Lipinski definition) is 6. The standard InChI is InChI=1S/C20H33ClN4O3S2/c1-16-13-17(2)15-23(14-16)11-12-25(30(27,28)20-4-3-18(21)29-20)8-5-19(26)24-9-6-22-7-10-24/h3-4,16-17,22H,5-15H2,1-2H3/t16-,17-/m1/s1. The third-order valence-electron chi connectivity index (χ3n) is 5.80. The summed E-state index contributed by atoms with van der Waals surface area (Å²) in [6, 6.07) is 3.16. The van der Waals surface area contributed by atoms with Crippen molar-refractivity contribution in [2.24, 2.45) is 11.8 Å². The van der Waals surface area contributed by atoms with Crippen molar-refractivity contribution in [3.8, 4) is 0 Å². The molecule has 0 unspecified atom stereocenters. The molecule has 0 radical (unpaired) electrons. The molecule has 2 saturated heterocycles. The summed E-state index contributed by atoms with van der Waals surface area (Å²) in [4.78, 5) is 16.8. The van der Waals surface area contributed by atoms with E-state index < -0.39 is 10.0 Å². The molecule has 7 nitrogen and oxygen atoms in total. The molecule has 1 N–H and O–H groups in total. The molecule has 10 heteroatoms. The first kappa shape index (κ1) is 23.9. The average Bonchev–Trinajstić information content (AvgIpc) is 3.15. The molecule has 30 heavy (non-hydrogen) atoms. The minimum absolute atomic E-state index is 0.0149. The molecule has 0 aliphatic carbocycles. The number of piperazine rings is 1. The summed E-state index contributed by atoms with van der Waals surface area (Å²) < 4.78 is 28.7. The van der Waals surface area contributed by atoms with Crippen molar-refractivity contribution >= 4 is 38.9 Å². The topological polar surface area (TPSA) is 73.0 Å². The average molecular weight is 477 g/mol. The number of carbonyl (C=O) groups excluding carboxylic acids is 1. The van der Waals surface area contributed by atoms with Crippen molar-refractivity contribution in [3.05, 3.63) is 16.5 Å². The van der Waals surface area contributed by atoms with Gasteiger partial charge in [-0.1, -0.05) is 25.4 Å². The van der Waals surface area contributed by atoms with E-state index in [4.69, 9.17) is 11.6 Å². The van der Waals surface area contributed by atoms with Crippen LogP contribution >= 0.6 is 22.9 Å². The van der Waals surface area contributed by atoms with Gasteiger partial charge >= 0.3 is 0 Å². The van der Waals surface area contributed by atoms with Gasteiger partial charge in [0.15, 0.2) is 0 Å². The molecule has 2 aliphatic heterocycles. The highest BCUT2D eigenvalue weighted by atomic mass is 35.5. The zero-order chi connectivity index (χ0) is 21.7. The quantitative estimate of drug-likeness (QED) is 0.622. The largest absolute Gasteiger partial charge is 0.340 e. The van der Waals surface area contributed by atoms with E-state index >= 15 is 0 Å². The monoisotopic (exact) mass is 476 g/mol. The highest BCUT2D eigenvalue weighted by Gasteiger charge is 2.29. The maximum absolute atomic E-state index is 13.3. The van der Waals surface area contributed by atoms with Gasteiger partial charge in [-0.15, -0.1) is 11.3 Å². The molecule has 0 saturated carbocycles. The van der Waals surface area contributed by atoms with Crippen LogP contribution in [-0.4, -0.2) is 87.3 Å². The molecule has 0 bridgehead atoms. The van der Waals surface area contributed by atoms with Crippen LogP contribution in [0.4, 0.5) is 0 Å². The van der Waals surface area contributed by atoms with Gasteiger partial charge in [0.25, 0.3) is 10.0 Å². The minimum atomic E-state index is -3.68. The van der Waals surface area contributed by atoms with Gasteiger partial charge in [-0.05, 0) is 30.4 Å². The second kappa shape index (κ2) is 10.7. The van der Waals surface area contributed by atoms with E-state index in [0.717, 1.165) is 37.5 Å². The van der Waals surface area contributed by atoms with Crippen LogP contribution < -0.4 is 5.32 Å². The van der Waals surface area contributed by atoms with Crippen molar-refractivity contribution in [2.45, 2.75) is 30.9 Å². The molecule has 170 valence electrons. The zero-order valence-electron chi connectivity index (χ0n) is 17.8. The lowest BCUT2D eigenvalue weighted by Crippen LogP contribution is -2.48. The predicted molar refractivity (Wildman–Crippen MR) is 122 cm³/mol. The fourth-order valence-corrected chi connectivity index (χ4v) is 7.50. The van der Waals surface area contributed by atoms with E-state index in [0.29, 0.717) is 42.4 Å². The van der Waals surface area contributed by atoms with E-state index in [1.54, 1.807) is 12.1 Å². The molecule has 1 amide bonds. The summed E-state index contributed by atoms with van der Waals surface area (Å²) in [5, 5.41) is 3.23. The van der Waals surface area contributed by atoms with Gasteiger partial charge < -0.3 is 15.1 Å². The van der Waals surface area contributed by atoms with Crippen molar-refractivity contribution in [3.63, 3.8) is 0 Å². The van der Waals surface area contributed by atoms with Crippen LogP contribution in [0.5, 0.6) is 0 Å². The van der Waals surface area contributed by atoms with Crippen LogP contribution in [0.3, 0.4) is 0 Å². The molecule has 3 heterocycles. The van der Waals surface area contributed by atoms with Crippen molar-refractivity contribution in [2.75, 3.05) is 58.9 Å². The second-order valence-electron chi connectivity index (χ2n) is 8.55. The Morgan fingerprint density at radius 3 is 2.47 bits per heavy atom. The second-order valence-corrected chi connectivity index (χ2v) is 12.4. The molecular formula is C20H33ClN4O3S2. The van der Waals surface area contributed by atoms with Crippen molar-refractivity contribution in [1.29, 1.82) is 0 Å².